The number of para-hydroxylation sites is 1. The summed E-state index contributed by atoms with van der Waals surface area (Å²) in [5.41, 5.74) is 1.31. The number of ether oxygens (including phenoxy) is 1. The molecule has 0 spiro atoms. The third-order valence-electron chi connectivity index (χ3n) is 2.31. The van der Waals surface area contributed by atoms with Crippen molar-refractivity contribution in [2.45, 2.75) is 20.3 Å². The Hall–Kier alpha value is -1.97. The van der Waals surface area contributed by atoms with Crippen LogP contribution in [0.15, 0.2) is 24.3 Å². The molecule has 0 aliphatic carbocycles. The van der Waals surface area contributed by atoms with Crippen LogP contribution in [0.5, 0.6) is 11.5 Å². The highest BCUT2D eigenvalue weighted by atomic mass is 16.5. The molecule has 17 heavy (non-hydrogen) atoms. The fourth-order valence-electron chi connectivity index (χ4n) is 1.46. The van der Waals surface area contributed by atoms with Crippen molar-refractivity contribution in [3.63, 3.8) is 0 Å². The monoisotopic (exact) mass is 236 g/mol. The van der Waals surface area contributed by atoms with Gasteiger partial charge in [0.25, 0.3) is 0 Å². The minimum Gasteiger partial charge on any atom is -0.504 e. The van der Waals surface area contributed by atoms with E-state index in [4.69, 9.17) is 9.84 Å². The van der Waals surface area contributed by atoms with E-state index in [1.165, 1.54) is 0 Å². The first-order valence-corrected chi connectivity index (χ1v) is 5.40. The summed E-state index contributed by atoms with van der Waals surface area (Å²) in [6.07, 6.45) is 1.50. The van der Waals surface area contributed by atoms with Crippen molar-refractivity contribution in [2.75, 3.05) is 6.61 Å². The van der Waals surface area contributed by atoms with Gasteiger partial charge in [-0.25, -0.2) is 0 Å². The molecule has 0 heterocycles. The molecule has 0 aromatic heterocycles. The van der Waals surface area contributed by atoms with Gasteiger partial charge in [0.2, 0.25) is 0 Å². The number of benzene rings is 1. The standard InChI is InChI=1S/C13H16O4/c1-3-17-11-6-4-5-10(13(11)16)9(2)7-8-12(14)15/h4-7,16H,3,8H2,1-2H3,(H,14,15)/b9-7+. The molecule has 0 aliphatic rings. The number of carbonyl (C=O) groups is 1. The van der Waals surface area contributed by atoms with Crippen LogP contribution in [-0.2, 0) is 4.79 Å². The van der Waals surface area contributed by atoms with Gasteiger partial charge in [0.1, 0.15) is 0 Å². The summed E-state index contributed by atoms with van der Waals surface area (Å²) in [5, 5.41) is 18.5. The van der Waals surface area contributed by atoms with Crippen LogP contribution >= 0.6 is 0 Å². The van der Waals surface area contributed by atoms with E-state index >= 15 is 0 Å². The van der Waals surface area contributed by atoms with Crippen molar-refractivity contribution in [2.24, 2.45) is 0 Å². The summed E-state index contributed by atoms with van der Waals surface area (Å²) in [7, 11) is 0. The summed E-state index contributed by atoms with van der Waals surface area (Å²) in [6, 6.07) is 5.16. The first-order chi connectivity index (χ1) is 8.06. The summed E-state index contributed by atoms with van der Waals surface area (Å²) >= 11 is 0. The van der Waals surface area contributed by atoms with Gasteiger partial charge in [0, 0.05) is 5.56 Å². The van der Waals surface area contributed by atoms with Crippen LogP contribution in [0.1, 0.15) is 25.8 Å². The van der Waals surface area contributed by atoms with Gasteiger partial charge in [-0.3, -0.25) is 4.79 Å². The van der Waals surface area contributed by atoms with Gasteiger partial charge >= 0.3 is 5.97 Å². The molecule has 0 unspecified atom stereocenters. The molecule has 0 saturated carbocycles. The maximum atomic E-state index is 10.5. The number of hydrogen-bond donors (Lipinski definition) is 2. The van der Waals surface area contributed by atoms with Crippen LogP contribution < -0.4 is 4.74 Å². The van der Waals surface area contributed by atoms with Crippen LogP contribution in [0.4, 0.5) is 0 Å². The number of allylic oxidation sites excluding steroid dienone is 1. The zero-order valence-electron chi connectivity index (χ0n) is 9.93. The molecule has 4 nitrogen and oxygen atoms in total. The molecular formula is C13H16O4. The maximum absolute atomic E-state index is 10.5. The molecule has 0 amide bonds. The normalized spacial score (nSPS) is 11.3. The summed E-state index contributed by atoms with van der Waals surface area (Å²) in [4.78, 5) is 10.5. The number of carboxylic acid groups (broad SMARTS) is 1. The highest BCUT2D eigenvalue weighted by Crippen LogP contribution is 2.34. The fraction of sp³-hybridized carbons (Fsp3) is 0.308. The molecule has 1 aromatic rings. The Balaban J connectivity index is 3.01. The average Bonchev–Trinajstić information content (AvgIpc) is 2.29. The van der Waals surface area contributed by atoms with Crippen molar-refractivity contribution < 1.29 is 19.7 Å². The highest BCUT2D eigenvalue weighted by molar-refractivity contribution is 5.76. The first kappa shape index (κ1) is 13.1. The molecule has 2 N–H and O–H groups in total. The van der Waals surface area contributed by atoms with Crippen molar-refractivity contribution in [1.29, 1.82) is 0 Å². The molecule has 1 aromatic carbocycles. The number of rotatable bonds is 5. The van der Waals surface area contributed by atoms with Gasteiger partial charge < -0.3 is 14.9 Å². The van der Waals surface area contributed by atoms with Gasteiger partial charge in [-0.05, 0) is 25.5 Å². The van der Waals surface area contributed by atoms with E-state index in [-0.39, 0.29) is 12.2 Å². The molecule has 0 radical (unpaired) electrons. The van der Waals surface area contributed by atoms with Gasteiger partial charge in [0.15, 0.2) is 11.5 Å². The summed E-state index contributed by atoms with van der Waals surface area (Å²) < 4.78 is 5.26. The molecule has 4 heteroatoms. The van der Waals surface area contributed by atoms with E-state index < -0.39 is 5.97 Å². The van der Waals surface area contributed by atoms with Crippen LogP contribution in [0.2, 0.25) is 0 Å². The third kappa shape index (κ3) is 3.52. The van der Waals surface area contributed by atoms with Gasteiger partial charge in [-0.1, -0.05) is 18.2 Å². The minimum absolute atomic E-state index is 0.0495. The average molecular weight is 236 g/mol. The Kier molecular flexibility index (Phi) is 4.57. The van der Waals surface area contributed by atoms with Crippen molar-refractivity contribution >= 4 is 11.5 Å². The second-order valence-corrected chi connectivity index (χ2v) is 3.57. The van der Waals surface area contributed by atoms with Crippen molar-refractivity contribution in [1.82, 2.24) is 0 Å². The topological polar surface area (TPSA) is 66.8 Å². The van der Waals surface area contributed by atoms with E-state index in [1.54, 1.807) is 31.2 Å². The molecule has 0 aliphatic heterocycles. The highest BCUT2D eigenvalue weighted by Gasteiger charge is 2.09. The summed E-state index contributed by atoms with van der Waals surface area (Å²) in [5.74, 6) is -0.439. The summed E-state index contributed by atoms with van der Waals surface area (Å²) in [6.45, 7) is 4.06. The maximum Gasteiger partial charge on any atom is 0.307 e. The third-order valence-corrected chi connectivity index (χ3v) is 2.31. The van der Waals surface area contributed by atoms with E-state index in [1.807, 2.05) is 6.92 Å². The number of phenols is 1. The Morgan fingerprint density at radius 3 is 2.76 bits per heavy atom. The second kappa shape index (κ2) is 5.94. The molecule has 0 bridgehead atoms. The second-order valence-electron chi connectivity index (χ2n) is 3.57. The molecular weight excluding hydrogens is 220 g/mol. The Bertz CT molecular complexity index is 435. The Morgan fingerprint density at radius 2 is 2.18 bits per heavy atom. The molecule has 0 atom stereocenters. The van der Waals surface area contributed by atoms with E-state index in [0.29, 0.717) is 23.5 Å². The lowest BCUT2D eigenvalue weighted by Crippen LogP contribution is -1.94. The SMILES string of the molecule is CCOc1cccc(/C(C)=C/CC(=O)O)c1O. The Morgan fingerprint density at radius 1 is 1.47 bits per heavy atom. The quantitative estimate of drug-likeness (QED) is 0.824. The minimum atomic E-state index is -0.898. The van der Waals surface area contributed by atoms with Crippen LogP contribution in [-0.4, -0.2) is 22.8 Å². The zero-order valence-corrected chi connectivity index (χ0v) is 9.93. The first-order valence-electron chi connectivity index (χ1n) is 5.40. The van der Waals surface area contributed by atoms with Crippen LogP contribution in [0.25, 0.3) is 5.57 Å². The number of carboxylic acids is 1. The zero-order chi connectivity index (χ0) is 12.8. The lowest BCUT2D eigenvalue weighted by atomic mass is 10.0. The van der Waals surface area contributed by atoms with Gasteiger partial charge in [0.05, 0.1) is 13.0 Å². The van der Waals surface area contributed by atoms with E-state index in [0.717, 1.165) is 0 Å². The number of aliphatic carboxylic acids is 1. The molecule has 1 rings (SSSR count). The Labute approximate surface area is 100 Å². The fourth-order valence-corrected chi connectivity index (χ4v) is 1.46. The predicted molar refractivity (Wildman–Crippen MR) is 65.2 cm³/mol. The largest absolute Gasteiger partial charge is 0.504 e. The van der Waals surface area contributed by atoms with Gasteiger partial charge in [-0.2, -0.15) is 0 Å². The lowest BCUT2D eigenvalue weighted by molar-refractivity contribution is -0.135. The van der Waals surface area contributed by atoms with Crippen molar-refractivity contribution in [3.05, 3.63) is 29.8 Å². The smallest absolute Gasteiger partial charge is 0.307 e. The predicted octanol–water partition coefficient (Wildman–Crippen LogP) is 2.67. The van der Waals surface area contributed by atoms with E-state index in [9.17, 15) is 9.90 Å². The van der Waals surface area contributed by atoms with Crippen LogP contribution in [0, 0.1) is 0 Å². The van der Waals surface area contributed by atoms with E-state index in [2.05, 4.69) is 0 Å². The number of aromatic hydroxyl groups is 1. The number of phenolic OH excluding ortho intramolecular Hbond substituents is 1. The van der Waals surface area contributed by atoms with Crippen LogP contribution in [0.3, 0.4) is 0 Å². The molecule has 0 saturated heterocycles. The lowest BCUT2D eigenvalue weighted by Gasteiger charge is -2.10. The molecule has 92 valence electrons. The number of hydrogen-bond acceptors (Lipinski definition) is 3. The van der Waals surface area contributed by atoms with Gasteiger partial charge in [-0.15, -0.1) is 0 Å². The molecule has 0 fully saturated rings. The van der Waals surface area contributed by atoms with Crippen molar-refractivity contribution in [3.8, 4) is 11.5 Å².